The number of rotatable bonds is 4. The minimum Gasteiger partial charge on any atom is -0.383 e. The third-order valence-corrected chi connectivity index (χ3v) is 5.35. The number of aromatic nitrogens is 4. The molecular formula is C19H18F2N6S. The first-order valence-corrected chi connectivity index (χ1v) is 9.32. The molecule has 2 N–H and O–H groups in total. The Morgan fingerprint density at radius 3 is 2.61 bits per heavy atom. The van der Waals surface area contributed by atoms with E-state index in [4.69, 9.17) is 5.73 Å². The number of hydrogen-bond donors (Lipinski definition) is 1. The average Bonchev–Trinajstić information content (AvgIpc) is 3.22. The molecule has 0 saturated carbocycles. The van der Waals surface area contributed by atoms with Crippen molar-refractivity contribution in [3.63, 3.8) is 0 Å². The summed E-state index contributed by atoms with van der Waals surface area (Å²) in [4.78, 5) is 11.0. The van der Waals surface area contributed by atoms with E-state index in [0.29, 0.717) is 16.2 Å². The van der Waals surface area contributed by atoms with Crippen molar-refractivity contribution in [2.75, 3.05) is 24.7 Å². The van der Waals surface area contributed by atoms with E-state index in [1.54, 1.807) is 10.7 Å². The summed E-state index contributed by atoms with van der Waals surface area (Å²) >= 11 is 1.43. The Bertz CT molecular complexity index is 1160. The molecule has 0 spiro atoms. The van der Waals surface area contributed by atoms with Crippen LogP contribution >= 0.6 is 11.3 Å². The molecule has 28 heavy (non-hydrogen) atoms. The van der Waals surface area contributed by atoms with E-state index in [-0.39, 0.29) is 11.4 Å². The average molecular weight is 400 g/mol. The van der Waals surface area contributed by atoms with Gasteiger partial charge in [-0.3, -0.25) is 0 Å². The number of halogens is 2. The number of nitrogens with two attached hydrogens (primary N) is 1. The number of fused-ring (bicyclic) bond motifs is 1. The van der Waals surface area contributed by atoms with Gasteiger partial charge in [-0.05, 0) is 18.2 Å². The predicted molar refractivity (Wildman–Crippen MR) is 108 cm³/mol. The Balaban J connectivity index is 1.80. The fourth-order valence-electron chi connectivity index (χ4n) is 2.89. The van der Waals surface area contributed by atoms with E-state index >= 15 is 0 Å². The van der Waals surface area contributed by atoms with Crippen molar-refractivity contribution in [1.82, 2.24) is 19.6 Å². The maximum atomic E-state index is 13.8. The van der Waals surface area contributed by atoms with Crippen molar-refractivity contribution in [1.29, 1.82) is 0 Å². The van der Waals surface area contributed by atoms with E-state index in [2.05, 4.69) is 15.1 Å². The van der Waals surface area contributed by atoms with Gasteiger partial charge in [0.2, 0.25) is 4.96 Å². The maximum Gasteiger partial charge on any atom is 0.274 e. The van der Waals surface area contributed by atoms with Crippen LogP contribution in [0.1, 0.15) is 12.5 Å². The molecule has 0 aliphatic carbocycles. The number of benzene rings is 1. The SMILES string of the molecule is CN(C)c1cccc(-c2nn3c(-c4cnc(N)c(C(C)(F)F)c4)cnc3s2)c1. The van der Waals surface area contributed by atoms with Crippen LogP contribution in [0, 0.1) is 0 Å². The zero-order chi connectivity index (χ0) is 20.1. The fraction of sp³-hybridized carbons (Fsp3) is 0.211. The number of hydrogen-bond acceptors (Lipinski definition) is 6. The van der Waals surface area contributed by atoms with E-state index < -0.39 is 5.92 Å². The van der Waals surface area contributed by atoms with E-state index in [1.165, 1.54) is 23.6 Å². The van der Waals surface area contributed by atoms with Crippen LogP contribution in [0.15, 0.2) is 42.7 Å². The molecule has 3 heterocycles. The molecule has 0 amide bonds. The van der Waals surface area contributed by atoms with Crippen LogP contribution < -0.4 is 10.6 Å². The summed E-state index contributed by atoms with van der Waals surface area (Å²) in [5.41, 5.74) is 8.40. The molecule has 0 atom stereocenters. The molecule has 0 aliphatic heterocycles. The largest absolute Gasteiger partial charge is 0.383 e. The van der Waals surface area contributed by atoms with Crippen molar-refractivity contribution in [3.8, 4) is 21.8 Å². The lowest BCUT2D eigenvalue weighted by atomic mass is 10.1. The lowest BCUT2D eigenvalue weighted by Crippen LogP contribution is -2.12. The second-order valence-electron chi connectivity index (χ2n) is 6.73. The topological polar surface area (TPSA) is 72.3 Å². The highest BCUT2D eigenvalue weighted by Crippen LogP contribution is 2.35. The van der Waals surface area contributed by atoms with Crippen molar-refractivity contribution in [3.05, 3.63) is 48.3 Å². The van der Waals surface area contributed by atoms with Gasteiger partial charge in [-0.2, -0.15) is 5.10 Å². The minimum atomic E-state index is -3.09. The van der Waals surface area contributed by atoms with Crippen LogP contribution in [0.3, 0.4) is 0 Å². The summed E-state index contributed by atoms with van der Waals surface area (Å²) in [6.45, 7) is 0.800. The zero-order valence-corrected chi connectivity index (χ0v) is 16.3. The monoisotopic (exact) mass is 400 g/mol. The first-order chi connectivity index (χ1) is 13.2. The zero-order valence-electron chi connectivity index (χ0n) is 15.5. The van der Waals surface area contributed by atoms with Crippen molar-refractivity contribution >= 4 is 27.8 Å². The molecule has 6 nitrogen and oxygen atoms in total. The molecule has 0 radical (unpaired) electrons. The van der Waals surface area contributed by atoms with Crippen molar-refractivity contribution in [2.24, 2.45) is 0 Å². The van der Waals surface area contributed by atoms with Gasteiger partial charge in [0.25, 0.3) is 5.92 Å². The molecule has 1 aromatic carbocycles. The molecule has 4 rings (SSSR count). The highest BCUT2D eigenvalue weighted by atomic mass is 32.1. The smallest absolute Gasteiger partial charge is 0.274 e. The van der Waals surface area contributed by atoms with Crippen LogP contribution in [-0.4, -0.2) is 33.7 Å². The Kier molecular flexibility index (Phi) is 4.26. The first-order valence-electron chi connectivity index (χ1n) is 8.50. The molecule has 0 aliphatic rings. The standard InChI is InChI=1S/C19H18F2N6S/c1-19(20,21)14-8-12(9-23-16(14)22)15-10-24-18-27(15)25-17(28-18)11-5-4-6-13(7-11)26(2)3/h4-10H,1-3H3,(H2,22,23). The minimum absolute atomic E-state index is 0.184. The molecule has 0 saturated heterocycles. The Morgan fingerprint density at radius 2 is 1.89 bits per heavy atom. The highest BCUT2D eigenvalue weighted by molar-refractivity contribution is 7.19. The lowest BCUT2D eigenvalue weighted by Gasteiger charge is -2.13. The Hall–Kier alpha value is -3.07. The van der Waals surface area contributed by atoms with Gasteiger partial charge >= 0.3 is 0 Å². The second-order valence-corrected chi connectivity index (χ2v) is 7.69. The van der Waals surface area contributed by atoms with Gasteiger partial charge in [0.15, 0.2) is 0 Å². The van der Waals surface area contributed by atoms with Crippen LogP contribution in [0.25, 0.3) is 26.8 Å². The summed E-state index contributed by atoms with van der Waals surface area (Å²) in [6, 6.07) is 9.34. The van der Waals surface area contributed by atoms with Crippen LogP contribution in [-0.2, 0) is 5.92 Å². The number of imidazole rings is 1. The quantitative estimate of drug-likeness (QED) is 0.554. The van der Waals surface area contributed by atoms with Crippen molar-refractivity contribution in [2.45, 2.75) is 12.8 Å². The van der Waals surface area contributed by atoms with Gasteiger partial charge in [0.05, 0.1) is 17.5 Å². The third-order valence-electron chi connectivity index (χ3n) is 4.38. The second kappa shape index (κ2) is 6.52. The third kappa shape index (κ3) is 3.18. The van der Waals surface area contributed by atoms with E-state index in [9.17, 15) is 8.78 Å². The molecule has 144 valence electrons. The van der Waals surface area contributed by atoms with Crippen LogP contribution in [0.4, 0.5) is 20.3 Å². The lowest BCUT2D eigenvalue weighted by molar-refractivity contribution is 0.0180. The molecule has 0 fully saturated rings. The van der Waals surface area contributed by atoms with E-state index in [1.807, 2.05) is 43.3 Å². The summed E-state index contributed by atoms with van der Waals surface area (Å²) in [5.74, 6) is -3.27. The van der Waals surface area contributed by atoms with Gasteiger partial charge in [-0.25, -0.2) is 23.3 Å². The normalized spacial score (nSPS) is 11.9. The van der Waals surface area contributed by atoms with Crippen LogP contribution in [0.5, 0.6) is 0 Å². The first kappa shape index (κ1) is 18.3. The number of pyridine rings is 1. The number of anilines is 2. The fourth-order valence-corrected chi connectivity index (χ4v) is 3.76. The molecule has 0 unspecified atom stereocenters. The Labute approximate surface area is 164 Å². The van der Waals surface area contributed by atoms with E-state index in [0.717, 1.165) is 23.2 Å². The number of nitrogen functional groups attached to an aromatic ring is 1. The molecule has 0 bridgehead atoms. The van der Waals surface area contributed by atoms with Crippen molar-refractivity contribution < 1.29 is 8.78 Å². The highest BCUT2D eigenvalue weighted by Gasteiger charge is 2.28. The van der Waals surface area contributed by atoms with Gasteiger partial charge in [0.1, 0.15) is 10.8 Å². The summed E-state index contributed by atoms with van der Waals surface area (Å²) in [7, 11) is 3.95. The number of alkyl halides is 2. The van der Waals surface area contributed by atoms with Gasteiger partial charge in [-0.1, -0.05) is 23.5 Å². The predicted octanol–water partition coefficient (Wildman–Crippen LogP) is 4.28. The van der Waals surface area contributed by atoms with Gasteiger partial charge in [-0.15, -0.1) is 0 Å². The Morgan fingerprint density at radius 1 is 1.11 bits per heavy atom. The van der Waals surface area contributed by atoms with Gasteiger partial charge < -0.3 is 10.6 Å². The molecule has 4 aromatic rings. The summed E-state index contributed by atoms with van der Waals surface area (Å²) in [6.07, 6.45) is 3.06. The summed E-state index contributed by atoms with van der Waals surface area (Å²) in [5, 5.41) is 5.43. The number of nitrogens with zero attached hydrogens (tertiary/aromatic N) is 5. The van der Waals surface area contributed by atoms with Crippen LogP contribution in [0.2, 0.25) is 0 Å². The molecule has 3 aromatic heterocycles. The van der Waals surface area contributed by atoms with Gasteiger partial charge in [0, 0.05) is 44.0 Å². The maximum absolute atomic E-state index is 13.8. The molecule has 9 heteroatoms. The molecular weight excluding hydrogens is 382 g/mol. The summed E-state index contributed by atoms with van der Waals surface area (Å²) < 4.78 is 29.3.